The molecule has 1 heterocycles. The van der Waals surface area contributed by atoms with Crippen molar-refractivity contribution in [3.8, 4) is 0 Å². The summed E-state index contributed by atoms with van der Waals surface area (Å²) >= 11 is 0. The van der Waals surface area contributed by atoms with E-state index >= 15 is 0 Å². The Hall–Kier alpha value is -1.38. The summed E-state index contributed by atoms with van der Waals surface area (Å²) in [6, 6.07) is 15.2. The summed E-state index contributed by atoms with van der Waals surface area (Å²) in [4.78, 5) is 7.17. The number of halogens is 1. The second-order valence-corrected chi connectivity index (χ2v) is 6.93. The van der Waals surface area contributed by atoms with E-state index in [4.69, 9.17) is 9.73 Å². The monoisotopic (exact) mass is 496 g/mol. The van der Waals surface area contributed by atoms with Crippen LogP contribution >= 0.6 is 24.0 Å². The first-order valence-corrected chi connectivity index (χ1v) is 10.1. The zero-order chi connectivity index (χ0) is 18.7. The van der Waals surface area contributed by atoms with Crippen LogP contribution in [0, 0.1) is 0 Å². The Kier molecular flexibility index (Phi) is 10.6. The first-order chi connectivity index (χ1) is 13.3. The van der Waals surface area contributed by atoms with E-state index in [2.05, 4.69) is 64.9 Å². The number of morpholine rings is 1. The first kappa shape index (κ1) is 22.9. The molecule has 2 aromatic rings. The Morgan fingerprint density at radius 2 is 1.86 bits per heavy atom. The van der Waals surface area contributed by atoms with Gasteiger partial charge in [0.1, 0.15) is 0 Å². The van der Waals surface area contributed by atoms with Gasteiger partial charge in [-0.25, -0.2) is 0 Å². The van der Waals surface area contributed by atoms with Crippen molar-refractivity contribution in [3.63, 3.8) is 0 Å². The number of aliphatic imine (C=N–C) groups is 1. The summed E-state index contributed by atoms with van der Waals surface area (Å²) in [5.41, 5.74) is 1.35. The molecule has 0 amide bonds. The summed E-state index contributed by atoms with van der Waals surface area (Å²) in [6.07, 6.45) is 2.07. The van der Waals surface area contributed by atoms with Crippen molar-refractivity contribution in [2.75, 3.05) is 52.5 Å². The van der Waals surface area contributed by atoms with Crippen LogP contribution in [0.15, 0.2) is 47.5 Å². The molecule has 2 aromatic carbocycles. The Bertz CT molecular complexity index is 731. The van der Waals surface area contributed by atoms with Crippen molar-refractivity contribution in [3.05, 3.63) is 48.0 Å². The number of guanidine groups is 1. The number of fused-ring (bicyclic) bond motifs is 1. The minimum atomic E-state index is 0. The zero-order valence-corrected chi connectivity index (χ0v) is 19.2. The summed E-state index contributed by atoms with van der Waals surface area (Å²) < 4.78 is 5.39. The smallest absolute Gasteiger partial charge is 0.191 e. The van der Waals surface area contributed by atoms with Crippen LogP contribution < -0.4 is 10.6 Å². The normalized spacial score (nSPS) is 15.2. The van der Waals surface area contributed by atoms with Crippen molar-refractivity contribution >= 4 is 40.7 Å². The molecule has 154 valence electrons. The maximum atomic E-state index is 5.39. The zero-order valence-electron chi connectivity index (χ0n) is 16.8. The van der Waals surface area contributed by atoms with Gasteiger partial charge in [-0.3, -0.25) is 9.89 Å². The molecule has 6 heteroatoms. The van der Waals surface area contributed by atoms with Gasteiger partial charge in [-0.05, 0) is 36.1 Å². The molecule has 3 rings (SSSR count). The second kappa shape index (κ2) is 13.0. The largest absolute Gasteiger partial charge is 0.379 e. The second-order valence-electron chi connectivity index (χ2n) is 6.93. The lowest BCUT2D eigenvalue weighted by Crippen LogP contribution is -2.39. The Labute approximate surface area is 185 Å². The maximum Gasteiger partial charge on any atom is 0.191 e. The molecule has 1 saturated heterocycles. The van der Waals surface area contributed by atoms with E-state index in [0.717, 1.165) is 71.3 Å². The van der Waals surface area contributed by atoms with E-state index in [0.29, 0.717) is 0 Å². The molecule has 0 saturated carbocycles. The molecule has 0 aliphatic carbocycles. The summed E-state index contributed by atoms with van der Waals surface area (Å²) in [5.74, 6) is 0.917. The predicted octanol–water partition coefficient (Wildman–Crippen LogP) is 3.28. The fraction of sp³-hybridized carbons (Fsp3) is 0.500. The molecule has 0 spiro atoms. The molecule has 1 aliphatic rings. The quantitative estimate of drug-likeness (QED) is 0.255. The maximum absolute atomic E-state index is 5.39. The SMILES string of the molecule is CCNC(=NCCCN1CCOCC1)NCCc1ccc2ccccc2c1.I. The van der Waals surface area contributed by atoms with Gasteiger partial charge in [-0.1, -0.05) is 42.5 Å². The van der Waals surface area contributed by atoms with E-state index in [1.54, 1.807) is 0 Å². The number of nitrogens with one attached hydrogen (secondary N) is 2. The van der Waals surface area contributed by atoms with Crippen LogP contribution in [0.5, 0.6) is 0 Å². The average molecular weight is 496 g/mol. The molecule has 2 N–H and O–H groups in total. The molecule has 5 nitrogen and oxygen atoms in total. The minimum absolute atomic E-state index is 0. The molecule has 0 unspecified atom stereocenters. The standard InChI is InChI=1S/C22H32N4O.HI/c1-2-23-22(24-11-5-13-26-14-16-27-17-15-26)25-12-10-19-8-9-20-6-3-4-7-21(20)18-19;/h3-4,6-9,18H,2,5,10-17H2,1H3,(H2,23,24,25);1H. The molecule has 0 aromatic heterocycles. The first-order valence-electron chi connectivity index (χ1n) is 10.1. The van der Waals surface area contributed by atoms with E-state index in [1.807, 2.05) is 0 Å². The third kappa shape index (κ3) is 7.56. The van der Waals surface area contributed by atoms with Crippen molar-refractivity contribution in [1.82, 2.24) is 15.5 Å². The number of rotatable bonds is 8. The van der Waals surface area contributed by atoms with Crippen molar-refractivity contribution in [2.24, 2.45) is 4.99 Å². The van der Waals surface area contributed by atoms with Crippen LogP contribution in [0.25, 0.3) is 10.8 Å². The van der Waals surface area contributed by atoms with E-state index in [1.165, 1.54) is 16.3 Å². The number of hydrogen-bond donors (Lipinski definition) is 2. The predicted molar refractivity (Wildman–Crippen MR) is 129 cm³/mol. The van der Waals surface area contributed by atoms with Crippen LogP contribution in [-0.2, 0) is 11.2 Å². The molecule has 28 heavy (non-hydrogen) atoms. The minimum Gasteiger partial charge on any atom is -0.379 e. The van der Waals surface area contributed by atoms with Gasteiger partial charge in [0, 0.05) is 39.3 Å². The topological polar surface area (TPSA) is 48.9 Å². The van der Waals surface area contributed by atoms with Crippen LogP contribution in [0.2, 0.25) is 0 Å². The third-order valence-electron chi connectivity index (χ3n) is 4.87. The molecule has 1 fully saturated rings. The number of hydrogen-bond acceptors (Lipinski definition) is 3. The van der Waals surface area contributed by atoms with Gasteiger partial charge in [-0.15, -0.1) is 24.0 Å². The van der Waals surface area contributed by atoms with E-state index in [9.17, 15) is 0 Å². The Morgan fingerprint density at radius 3 is 2.64 bits per heavy atom. The molecular weight excluding hydrogens is 463 g/mol. The highest BCUT2D eigenvalue weighted by Gasteiger charge is 2.09. The molecule has 0 radical (unpaired) electrons. The third-order valence-corrected chi connectivity index (χ3v) is 4.87. The highest BCUT2D eigenvalue weighted by molar-refractivity contribution is 14.0. The lowest BCUT2D eigenvalue weighted by Gasteiger charge is -2.26. The fourth-order valence-electron chi connectivity index (χ4n) is 3.37. The molecule has 0 atom stereocenters. The van der Waals surface area contributed by atoms with Crippen LogP contribution in [0.4, 0.5) is 0 Å². The van der Waals surface area contributed by atoms with Gasteiger partial charge in [0.25, 0.3) is 0 Å². The summed E-state index contributed by atoms with van der Waals surface area (Å²) in [7, 11) is 0. The van der Waals surface area contributed by atoms with Crippen molar-refractivity contribution in [2.45, 2.75) is 19.8 Å². The van der Waals surface area contributed by atoms with Gasteiger partial charge in [0.15, 0.2) is 5.96 Å². The average Bonchev–Trinajstić information content (AvgIpc) is 2.72. The van der Waals surface area contributed by atoms with Crippen LogP contribution in [0.1, 0.15) is 18.9 Å². The Balaban J connectivity index is 0.00000280. The molecular formula is C22H33IN4O. The number of nitrogens with zero attached hydrogens (tertiary/aromatic N) is 2. The van der Waals surface area contributed by atoms with E-state index < -0.39 is 0 Å². The summed E-state index contributed by atoms with van der Waals surface area (Å²) in [6.45, 7) is 9.64. The lowest BCUT2D eigenvalue weighted by atomic mass is 10.1. The van der Waals surface area contributed by atoms with Gasteiger partial charge in [-0.2, -0.15) is 0 Å². The fourth-order valence-corrected chi connectivity index (χ4v) is 3.37. The van der Waals surface area contributed by atoms with Crippen LogP contribution in [-0.4, -0.2) is 63.3 Å². The Morgan fingerprint density at radius 1 is 1.07 bits per heavy atom. The molecule has 1 aliphatic heterocycles. The van der Waals surface area contributed by atoms with Gasteiger partial charge < -0.3 is 15.4 Å². The molecule has 0 bridgehead atoms. The summed E-state index contributed by atoms with van der Waals surface area (Å²) in [5, 5.41) is 9.40. The number of ether oxygens (including phenoxy) is 1. The van der Waals surface area contributed by atoms with E-state index in [-0.39, 0.29) is 24.0 Å². The lowest BCUT2D eigenvalue weighted by molar-refractivity contribution is 0.0377. The van der Waals surface area contributed by atoms with Crippen molar-refractivity contribution in [1.29, 1.82) is 0 Å². The van der Waals surface area contributed by atoms with Crippen molar-refractivity contribution < 1.29 is 4.74 Å². The highest BCUT2D eigenvalue weighted by atomic mass is 127. The van der Waals surface area contributed by atoms with Crippen LogP contribution in [0.3, 0.4) is 0 Å². The number of benzene rings is 2. The van der Waals surface area contributed by atoms with Gasteiger partial charge >= 0.3 is 0 Å². The van der Waals surface area contributed by atoms with Gasteiger partial charge in [0.2, 0.25) is 0 Å². The highest BCUT2D eigenvalue weighted by Crippen LogP contribution is 2.15. The van der Waals surface area contributed by atoms with Gasteiger partial charge in [0.05, 0.1) is 13.2 Å².